The van der Waals surface area contributed by atoms with E-state index in [9.17, 15) is 5.11 Å². The number of hydrogen-bond acceptors (Lipinski definition) is 6. The van der Waals surface area contributed by atoms with E-state index in [1.807, 2.05) is 20.8 Å². The van der Waals surface area contributed by atoms with Crippen LogP contribution in [0.3, 0.4) is 0 Å². The maximum Gasteiger partial charge on any atom is 0.145 e. The summed E-state index contributed by atoms with van der Waals surface area (Å²) in [5.41, 5.74) is 2.47. The van der Waals surface area contributed by atoms with Crippen molar-refractivity contribution in [3.8, 4) is 0 Å². The number of nitrogens with one attached hydrogen (secondary N) is 2. The molecule has 1 heterocycles. The zero-order valence-corrected chi connectivity index (χ0v) is 14.0. The zero-order valence-electron chi connectivity index (χ0n) is 14.0. The van der Waals surface area contributed by atoms with E-state index in [0.717, 1.165) is 6.42 Å². The van der Waals surface area contributed by atoms with Crippen molar-refractivity contribution in [1.82, 2.24) is 9.97 Å². The van der Waals surface area contributed by atoms with Gasteiger partial charge in [0.25, 0.3) is 0 Å². The molecule has 1 rings (SSSR count). The van der Waals surface area contributed by atoms with E-state index in [1.165, 1.54) is 0 Å². The number of nitrogens with two attached hydrogens (primary N) is 1. The molecule has 0 saturated carbocycles. The summed E-state index contributed by atoms with van der Waals surface area (Å²) in [6.45, 7) is 12.9. The van der Waals surface area contributed by atoms with Gasteiger partial charge in [0.15, 0.2) is 0 Å². The Morgan fingerprint density at radius 3 is 2.19 bits per heavy atom. The molecule has 0 spiro atoms. The van der Waals surface area contributed by atoms with Crippen LogP contribution in [-0.2, 0) is 5.41 Å². The first-order valence-corrected chi connectivity index (χ1v) is 7.29. The summed E-state index contributed by atoms with van der Waals surface area (Å²) >= 11 is 0. The minimum Gasteiger partial charge on any atom is -0.391 e. The van der Waals surface area contributed by atoms with Crippen LogP contribution in [0.2, 0.25) is 0 Å². The molecule has 120 valence electrons. The Morgan fingerprint density at radius 2 is 1.71 bits per heavy atom. The molecular formula is C15H29N5O. The smallest absolute Gasteiger partial charge is 0.145 e. The van der Waals surface area contributed by atoms with Crippen molar-refractivity contribution in [2.24, 2.45) is 11.3 Å². The summed E-state index contributed by atoms with van der Waals surface area (Å²) in [5.74, 6) is 7.37. The van der Waals surface area contributed by atoms with Crippen molar-refractivity contribution in [1.29, 1.82) is 0 Å². The molecule has 0 fully saturated rings. The van der Waals surface area contributed by atoms with Gasteiger partial charge in [-0.2, -0.15) is 0 Å². The van der Waals surface area contributed by atoms with Gasteiger partial charge in [0.05, 0.1) is 6.10 Å². The normalized spacial score (nSPS) is 13.9. The van der Waals surface area contributed by atoms with Gasteiger partial charge >= 0.3 is 0 Å². The first-order chi connectivity index (χ1) is 9.51. The molecule has 0 bridgehead atoms. The highest BCUT2D eigenvalue weighted by molar-refractivity contribution is 5.47. The second kappa shape index (κ2) is 6.58. The molecule has 0 aromatic carbocycles. The highest BCUT2D eigenvalue weighted by Crippen LogP contribution is 2.23. The lowest BCUT2D eigenvalue weighted by Crippen LogP contribution is -2.26. The summed E-state index contributed by atoms with van der Waals surface area (Å²) in [6, 6.07) is 1.74. The van der Waals surface area contributed by atoms with Crippen molar-refractivity contribution in [3.63, 3.8) is 0 Å². The number of aliphatic hydroxyl groups is 1. The Labute approximate surface area is 127 Å². The molecule has 0 amide bonds. The van der Waals surface area contributed by atoms with Crippen molar-refractivity contribution in [2.45, 2.75) is 59.5 Å². The lowest BCUT2D eigenvalue weighted by molar-refractivity contribution is 0.132. The molecule has 0 aliphatic carbocycles. The van der Waals surface area contributed by atoms with E-state index in [2.05, 4.69) is 41.5 Å². The number of hydrazine groups is 1. The van der Waals surface area contributed by atoms with Crippen LogP contribution in [0.25, 0.3) is 0 Å². The Kier molecular flexibility index (Phi) is 5.53. The molecule has 1 aromatic heterocycles. The van der Waals surface area contributed by atoms with Crippen LogP contribution >= 0.6 is 0 Å². The summed E-state index contributed by atoms with van der Waals surface area (Å²) in [5, 5.41) is 13.2. The quantitative estimate of drug-likeness (QED) is 0.491. The lowest BCUT2D eigenvalue weighted by atomic mass is 9.89. The topological polar surface area (TPSA) is 96.1 Å². The van der Waals surface area contributed by atoms with Crippen molar-refractivity contribution < 1.29 is 5.11 Å². The fraction of sp³-hybridized carbons (Fsp3) is 0.733. The number of aromatic nitrogens is 2. The monoisotopic (exact) mass is 295 g/mol. The Hall–Kier alpha value is -1.40. The zero-order chi connectivity index (χ0) is 16.3. The average molecular weight is 295 g/mol. The van der Waals surface area contributed by atoms with Gasteiger partial charge in [0, 0.05) is 18.0 Å². The fourth-order valence-electron chi connectivity index (χ4n) is 1.95. The highest BCUT2D eigenvalue weighted by atomic mass is 16.3. The second-order valence-electron chi connectivity index (χ2n) is 7.66. The van der Waals surface area contributed by atoms with Gasteiger partial charge in [-0.25, -0.2) is 15.8 Å². The third kappa shape index (κ3) is 6.27. The molecular weight excluding hydrogens is 266 g/mol. The highest BCUT2D eigenvalue weighted by Gasteiger charge is 2.20. The van der Waals surface area contributed by atoms with Gasteiger partial charge in [0.1, 0.15) is 17.5 Å². The molecule has 5 N–H and O–H groups in total. The first kappa shape index (κ1) is 17.7. The van der Waals surface area contributed by atoms with Crippen LogP contribution in [-0.4, -0.2) is 27.7 Å². The van der Waals surface area contributed by atoms with E-state index in [1.54, 1.807) is 6.07 Å². The Morgan fingerprint density at radius 1 is 1.14 bits per heavy atom. The predicted molar refractivity (Wildman–Crippen MR) is 87.1 cm³/mol. The fourth-order valence-corrected chi connectivity index (χ4v) is 1.95. The van der Waals surface area contributed by atoms with Gasteiger partial charge < -0.3 is 15.8 Å². The van der Waals surface area contributed by atoms with E-state index in [4.69, 9.17) is 5.84 Å². The third-order valence-electron chi connectivity index (χ3n) is 2.91. The van der Waals surface area contributed by atoms with Crippen LogP contribution < -0.4 is 16.6 Å². The number of nitrogen functional groups attached to an aromatic ring is 1. The molecule has 0 saturated heterocycles. The maximum absolute atomic E-state index is 10.1. The van der Waals surface area contributed by atoms with E-state index < -0.39 is 6.10 Å². The number of anilines is 2. The van der Waals surface area contributed by atoms with E-state index >= 15 is 0 Å². The Bertz CT molecular complexity index is 462. The van der Waals surface area contributed by atoms with Crippen molar-refractivity contribution in [2.75, 3.05) is 17.3 Å². The number of rotatable bonds is 5. The first-order valence-electron chi connectivity index (χ1n) is 7.29. The minimum atomic E-state index is -0.424. The molecule has 6 heteroatoms. The van der Waals surface area contributed by atoms with Crippen molar-refractivity contribution >= 4 is 11.6 Å². The standard InChI is InChI=1S/C15H29N5O/c1-14(2,3)8-10(21)9-17-11-7-12(20-16)19-13(18-11)15(4,5)6/h7,10,21H,8-9,16H2,1-6H3,(H2,17,18,19,20). The molecule has 0 aliphatic heterocycles. The van der Waals surface area contributed by atoms with Gasteiger partial charge in [-0.3, -0.25) is 0 Å². The molecule has 21 heavy (non-hydrogen) atoms. The number of nitrogens with zero attached hydrogens (tertiary/aromatic N) is 2. The van der Waals surface area contributed by atoms with Crippen molar-refractivity contribution in [3.05, 3.63) is 11.9 Å². The van der Waals surface area contributed by atoms with E-state index in [0.29, 0.717) is 24.0 Å². The SMILES string of the molecule is CC(C)(C)CC(O)CNc1cc(NN)nc(C(C)(C)C)n1. The number of aliphatic hydroxyl groups excluding tert-OH is 1. The Balaban J connectivity index is 2.79. The summed E-state index contributed by atoms with van der Waals surface area (Å²) in [4.78, 5) is 8.85. The van der Waals surface area contributed by atoms with Crippen LogP contribution in [0.1, 0.15) is 53.8 Å². The van der Waals surface area contributed by atoms with Crippen LogP contribution in [0.5, 0.6) is 0 Å². The second-order valence-corrected chi connectivity index (χ2v) is 7.66. The van der Waals surface area contributed by atoms with Crippen LogP contribution in [0.4, 0.5) is 11.6 Å². The van der Waals surface area contributed by atoms with Crippen LogP contribution in [0, 0.1) is 5.41 Å². The molecule has 6 nitrogen and oxygen atoms in total. The van der Waals surface area contributed by atoms with Gasteiger partial charge in [0.2, 0.25) is 0 Å². The largest absolute Gasteiger partial charge is 0.391 e. The molecule has 0 radical (unpaired) electrons. The maximum atomic E-state index is 10.1. The van der Waals surface area contributed by atoms with Gasteiger partial charge in [-0.1, -0.05) is 41.5 Å². The average Bonchev–Trinajstić information content (AvgIpc) is 2.33. The lowest BCUT2D eigenvalue weighted by Gasteiger charge is -2.23. The predicted octanol–water partition coefficient (Wildman–Crippen LogP) is 2.27. The minimum absolute atomic E-state index is 0.0906. The van der Waals surface area contributed by atoms with Crippen LogP contribution in [0.15, 0.2) is 6.07 Å². The third-order valence-corrected chi connectivity index (χ3v) is 2.91. The number of hydrogen-bond donors (Lipinski definition) is 4. The van der Waals surface area contributed by atoms with Gasteiger partial charge in [-0.15, -0.1) is 0 Å². The van der Waals surface area contributed by atoms with E-state index in [-0.39, 0.29) is 10.8 Å². The molecule has 1 aromatic rings. The summed E-state index contributed by atoms with van der Waals surface area (Å²) in [7, 11) is 0. The summed E-state index contributed by atoms with van der Waals surface area (Å²) in [6.07, 6.45) is 0.298. The molecule has 1 unspecified atom stereocenters. The molecule has 1 atom stereocenters. The summed E-state index contributed by atoms with van der Waals surface area (Å²) < 4.78 is 0. The molecule has 0 aliphatic rings. The van der Waals surface area contributed by atoms with Gasteiger partial charge in [-0.05, 0) is 11.8 Å².